The van der Waals surface area contributed by atoms with Crippen molar-refractivity contribution in [2.75, 3.05) is 26.1 Å². The Morgan fingerprint density at radius 1 is 1.52 bits per heavy atom. The van der Waals surface area contributed by atoms with Crippen LogP contribution in [-0.2, 0) is 4.84 Å². The highest BCUT2D eigenvalue weighted by atomic mass is 35.5. The Balaban J connectivity index is 1.92. The number of nitrogens with zero attached hydrogens (tertiary/aromatic N) is 1. The van der Waals surface area contributed by atoms with Crippen molar-refractivity contribution in [3.63, 3.8) is 0 Å². The number of hydroxylamine groups is 2. The molecule has 0 saturated heterocycles. The van der Waals surface area contributed by atoms with Crippen molar-refractivity contribution in [1.82, 2.24) is 5.06 Å². The van der Waals surface area contributed by atoms with Gasteiger partial charge in [-0.25, -0.2) is 9.86 Å². The minimum atomic E-state index is -0.675. The summed E-state index contributed by atoms with van der Waals surface area (Å²) in [6.07, 6.45) is 0.714. The lowest BCUT2D eigenvalue weighted by molar-refractivity contribution is -0.0598. The number of alkyl halides is 2. The fourth-order valence-corrected chi connectivity index (χ4v) is 2.36. The van der Waals surface area contributed by atoms with Gasteiger partial charge in [-0.3, -0.25) is 4.84 Å². The minimum absolute atomic E-state index is 0.117. The summed E-state index contributed by atoms with van der Waals surface area (Å²) in [5.74, 6) is 0.637. The van der Waals surface area contributed by atoms with Crippen LogP contribution in [0.3, 0.4) is 0 Å². The second-order valence-electron chi connectivity index (χ2n) is 4.73. The molecule has 0 aliphatic heterocycles. The summed E-state index contributed by atoms with van der Waals surface area (Å²) in [5.41, 5.74) is 0.539. The van der Waals surface area contributed by atoms with Crippen LogP contribution in [0.2, 0.25) is 5.02 Å². The predicted molar refractivity (Wildman–Crippen MR) is 83.3 cm³/mol. The van der Waals surface area contributed by atoms with Crippen LogP contribution in [0, 0.1) is 5.92 Å². The number of nitrogens with one attached hydrogen (secondary N) is 1. The van der Waals surface area contributed by atoms with Gasteiger partial charge in [0.1, 0.15) is 10.1 Å². The van der Waals surface area contributed by atoms with Gasteiger partial charge in [-0.2, -0.15) is 0 Å². The van der Waals surface area contributed by atoms with Crippen LogP contribution >= 0.6 is 34.8 Å². The molecule has 0 radical (unpaired) electrons. The van der Waals surface area contributed by atoms with Crippen molar-refractivity contribution < 1.29 is 14.4 Å². The average molecular weight is 354 g/mol. The van der Waals surface area contributed by atoms with Gasteiger partial charge in [-0.1, -0.05) is 11.6 Å². The lowest BCUT2D eigenvalue weighted by Gasteiger charge is -2.15. The normalized spacial score (nSPS) is 19.0. The number of halogens is 3. The number of benzene rings is 1. The van der Waals surface area contributed by atoms with Gasteiger partial charge in [0.15, 0.2) is 0 Å². The molecule has 5 nitrogen and oxygen atoms in total. The lowest BCUT2D eigenvalue weighted by atomic mass is 10.3. The highest BCUT2D eigenvalue weighted by Gasteiger charge is 2.52. The number of carbonyl (C=O) groups is 1. The Hall–Kier alpha value is -0.880. The van der Waals surface area contributed by atoms with E-state index in [1.807, 2.05) is 0 Å². The lowest BCUT2D eigenvalue weighted by Crippen LogP contribution is -2.30. The molecule has 2 amide bonds. The van der Waals surface area contributed by atoms with Crippen molar-refractivity contribution in [2.24, 2.45) is 5.92 Å². The molecule has 0 spiro atoms. The second kappa shape index (κ2) is 6.48. The van der Waals surface area contributed by atoms with Crippen LogP contribution in [0.1, 0.15) is 6.42 Å². The summed E-state index contributed by atoms with van der Waals surface area (Å²) in [4.78, 5) is 16.4. The molecule has 1 unspecified atom stereocenters. The van der Waals surface area contributed by atoms with Crippen LogP contribution in [0.5, 0.6) is 5.75 Å². The molecule has 1 aliphatic carbocycles. The number of ether oxygens (including phenoxy) is 1. The molecule has 1 saturated carbocycles. The minimum Gasteiger partial charge on any atom is -0.492 e. The Labute approximate surface area is 138 Å². The van der Waals surface area contributed by atoms with E-state index in [4.69, 9.17) is 44.4 Å². The first-order chi connectivity index (χ1) is 9.83. The monoisotopic (exact) mass is 352 g/mol. The molecule has 1 aromatic rings. The zero-order valence-corrected chi connectivity index (χ0v) is 13.8. The zero-order chi connectivity index (χ0) is 15.6. The van der Waals surface area contributed by atoms with Crippen molar-refractivity contribution >= 4 is 46.5 Å². The molecular weight excluding hydrogens is 339 g/mol. The quantitative estimate of drug-likeness (QED) is 0.644. The summed E-state index contributed by atoms with van der Waals surface area (Å²) in [6.45, 7) is 0.408. The van der Waals surface area contributed by atoms with Crippen LogP contribution in [0.15, 0.2) is 18.2 Å². The van der Waals surface area contributed by atoms with Crippen LogP contribution in [-0.4, -0.2) is 36.2 Å². The van der Waals surface area contributed by atoms with Gasteiger partial charge in [0.25, 0.3) is 0 Å². The summed E-state index contributed by atoms with van der Waals surface area (Å²) in [5, 5.41) is 4.08. The molecule has 1 aliphatic rings. The molecule has 0 bridgehead atoms. The third kappa shape index (κ3) is 4.30. The maximum Gasteiger partial charge on any atom is 0.345 e. The first-order valence-corrected chi connectivity index (χ1v) is 7.36. The number of rotatable bonds is 5. The van der Waals surface area contributed by atoms with Gasteiger partial charge in [0.2, 0.25) is 0 Å². The molecular formula is C13H15Cl3N2O3. The maximum atomic E-state index is 11.6. The fourth-order valence-electron chi connectivity index (χ4n) is 1.62. The fraction of sp³-hybridized carbons (Fsp3) is 0.462. The Bertz CT molecular complexity index is 539. The van der Waals surface area contributed by atoms with E-state index in [-0.39, 0.29) is 5.92 Å². The highest BCUT2D eigenvalue weighted by molar-refractivity contribution is 6.50. The number of urea groups is 1. The zero-order valence-electron chi connectivity index (χ0n) is 11.5. The van der Waals surface area contributed by atoms with Crippen molar-refractivity contribution in [2.45, 2.75) is 10.8 Å². The number of hydrogen-bond donors (Lipinski definition) is 1. The SMILES string of the molecule is CON(C)C(=O)Nc1ccc(OCC2CC2(Cl)Cl)c(Cl)c1. The van der Waals surface area contributed by atoms with E-state index in [9.17, 15) is 4.79 Å². The van der Waals surface area contributed by atoms with Crippen LogP contribution in [0.4, 0.5) is 10.5 Å². The molecule has 0 heterocycles. The second-order valence-corrected chi connectivity index (χ2v) is 6.68. The van der Waals surface area contributed by atoms with Crippen molar-refractivity contribution in [1.29, 1.82) is 0 Å². The van der Waals surface area contributed by atoms with E-state index in [0.717, 1.165) is 5.06 Å². The van der Waals surface area contributed by atoms with E-state index in [2.05, 4.69) is 5.32 Å². The number of carbonyl (C=O) groups excluding carboxylic acids is 1. The van der Waals surface area contributed by atoms with Crippen molar-refractivity contribution in [3.05, 3.63) is 23.2 Å². The topological polar surface area (TPSA) is 50.8 Å². The molecule has 1 fully saturated rings. The first kappa shape index (κ1) is 16.5. The first-order valence-electron chi connectivity index (χ1n) is 6.22. The molecule has 2 rings (SSSR count). The van der Waals surface area contributed by atoms with Gasteiger partial charge in [0, 0.05) is 18.7 Å². The van der Waals surface area contributed by atoms with Crippen molar-refractivity contribution in [3.8, 4) is 5.75 Å². The molecule has 21 heavy (non-hydrogen) atoms. The molecule has 8 heteroatoms. The van der Waals surface area contributed by atoms with Gasteiger partial charge >= 0.3 is 6.03 Å². The molecule has 116 valence electrons. The van der Waals surface area contributed by atoms with E-state index < -0.39 is 10.4 Å². The predicted octanol–water partition coefficient (Wildman–Crippen LogP) is 3.94. The average Bonchev–Trinajstić information content (AvgIpc) is 3.04. The van der Waals surface area contributed by atoms with Crippen LogP contribution < -0.4 is 10.1 Å². The Morgan fingerprint density at radius 2 is 2.19 bits per heavy atom. The van der Waals surface area contributed by atoms with Gasteiger partial charge in [0.05, 0.1) is 18.7 Å². The number of anilines is 1. The summed E-state index contributed by atoms with van der Waals surface area (Å²) >= 11 is 18.0. The third-order valence-electron chi connectivity index (χ3n) is 3.14. The van der Waals surface area contributed by atoms with E-state index in [0.29, 0.717) is 29.5 Å². The van der Waals surface area contributed by atoms with E-state index in [1.165, 1.54) is 14.2 Å². The number of hydrogen-bond acceptors (Lipinski definition) is 3. The number of amides is 2. The Morgan fingerprint density at radius 3 is 2.71 bits per heavy atom. The highest BCUT2D eigenvalue weighted by Crippen LogP contribution is 2.53. The van der Waals surface area contributed by atoms with Gasteiger partial charge in [-0.05, 0) is 24.6 Å². The largest absolute Gasteiger partial charge is 0.492 e. The summed E-state index contributed by atoms with van der Waals surface area (Å²) in [7, 11) is 2.89. The van der Waals surface area contributed by atoms with Crippen LogP contribution in [0.25, 0.3) is 0 Å². The summed E-state index contributed by atoms with van der Waals surface area (Å²) in [6, 6.07) is 4.55. The standard InChI is InChI=1S/C13H15Cl3N2O3/c1-18(20-2)12(19)17-9-3-4-11(10(14)5-9)21-7-8-6-13(8,15)16/h3-5,8H,6-7H2,1-2H3,(H,17,19). The maximum absolute atomic E-state index is 11.6. The van der Waals surface area contributed by atoms with Gasteiger partial charge in [-0.15, -0.1) is 23.2 Å². The molecule has 1 N–H and O–H groups in total. The Kier molecular flexibility index (Phi) is 5.09. The molecule has 0 aromatic heterocycles. The van der Waals surface area contributed by atoms with E-state index in [1.54, 1.807) is 18.2 Å². The summed E-state index contributed by atoms with van der Waals surface area (Å²) < 4.78 is 4.90. The molecule has 1 aromatic carbocycles. The third-order valence-corrected chi connectivity index (χ3v) is 4.36. The smallest absolute Gasteiger partial charge is 0.345 e. The van der Waals surface area contributed by atoms with Gasteiger partial charge < -0.3 is 10.1 Å². The van der Waals surface area contributed by atoms with E-state index >= 15 is 0 Å². The molecule has 1 atom stereocenters.